The van der Waals surface area contributed by atoms with E-state index in [2.05, 4.69) is 43.3 Å². The molecule has 0 bridgehead atoms. The number of rotatable bonds is 1. The zero-order valence-corrected chi connectivity index (χ0v) is 8.20. The molecule has 0 aromatic rings. The molecule has 1 fully saturated rings. The maximum absolute atomic E-state index is 3.35. The highest BCUT2D eigenvalue weighted by Crippen LogP contribution is 2.17. The zero-order valence-electron chi connectivity index (χ0n) is 5.03. The number of halogens is 2. The molecule has 9 heavy (non-hydrogen) atoms. The van der Waals surface area contributed by atoms with Crippen molar-refractivity contribution in [1.82, 2.24) is 5.32 Å². The van der Waals surface area contributed by atoms with E-state index in [1.807, 2.05) is 0 Å². The van der Waals surface area contributed by atoms with Gasteiger partial charge in [-0.2, -0.15) is 0 Å². The molecular formula is C6H9Br2N. The van der Waals surface area contributed by atoms with Crippen LogP contribution in [0, 0.1) is 0 Å². The third-order valence-corrected chi connectivity index (χ3v) is 1.95. The lowest BCUT2D eigenvalue weighted by Gasteiger charge is -2.00. The Labute approximate surface area is 72.2 Å². The summed E-state index contributed by atoms with van der Waals surface area (Å²) in [5.41, 5.74) is 0. The molecule has 1 unspecified atom stereocenters. The van der Waals surface area contributed by atoms with Crippen LogP contribution in [0.3, 0.4) is 0 Å². The van der Waals surface area contributed by atoms with E-state index < -0.39 is 0 Å². The predicted molar refractivity (Wildman–Crippen MR) is 47.0 cm³/mol. The molecule has 1 rings (SSSR count). The Bertz CT molecular complexity index is 112. The summed E-state index contributed by atoms with van der Waals surface area (Å²) in [6.07, 6.45) is 4.71. The molecule has 1 aliphatic rings. The van der Waals surface area contributed by atoms with Crippen LogP contribution in [0.25, 0.3) is 0 Å². The second-order valence-corrected chi connectivity index (χ2v) is 4.93. The van der Waals surface area contributed by atoms with Crippen molar-refractivity contribution in [3.8, 4) is 0 Å². The fourth-order valence-corrected chi connectivity index (χ4v) is 1.64. The van der Waals surface area contributed by atoms with Gasteiger partial charge in [0, 0.05) is 6.04 Å². The van der Waals surface area contributed by atoms with Crippen LogP contribution in [-0.2, 0) is 0 Å². The highest BCUT2D eigenvalue weighted by Gasteiger charge is 2.10. The minimum atomic E-state index is 0.582. The molecule has 0 radical (unpaired) electrons. The first kappa shape index (κ1) is 7.76. The molecule has 0 aromatic carbocycles. The lowest BCUT2D eigenvalue weighted by atomic mass is 10.2. The van der Waals surface area contributed by atoms with Crippen LogP contribution < -0.4 is 5.32 Å². The standard InChI is InChI=1S/C6H9Br2N/c7-6(8)4-5-2-1-3-9-5/h4-5,9H,1-3H2. The number of hydrogen-bond donors (Lipinski definition) is 1. The number of nitrogens with one attached hydrogen (secondary N) is 1. The molecule has 3 heteroatoms. The average Bonchev–Trinajstić information content (AvgIpc) is 2.15. The molecule has 1 saturated heterocycles. The van der Waals surface area contributed by atoms with Gasteiger partial charge in [0.05, 0.1) is 3.39 Å². The first-order valence-corrected chi connectivity index (χ1v) is 4.64. The van der Waals surface area contributed by atoms with Crippen LogP contribution >= 0.6 is 31.9 Å². The van der Waals surface area contributed by atoms with Crippen molar-refractivity contribution in [3.63, 3.8) is 0 Å². The van der Waals surface area contributed by atoms with E-state index in [1.165, 1.54) is 12.8 Å². The van der Waals surface area contributed by atoms with Gasteiger partial charge < -0.3 is 5.32 Å². The molecule has 1 atom stereocenters. The number of hydrogen-bond acceptors (Lipinski definition) is 1. The van der Waals surface area contributed by atoms with E-state index in [0.717, 1.165) is 9.94 Å². The molecule has 0 saturated carbocycles. The molecule has 1 heterocycles. The van der Waals surface area contributed by atoms with Gasteiger partial charge in [-0.15, -0.1) is 0 Å². The Morgan fingerprint density at radius 3 is 2.78 bits per heavy atom. The highest BCUT2D eigenvalue weighted by atomic mass is 79.9. The summed E-state index contributed by atoms with van der Waals surface area (Å²) >= 11 is 6.64. The van der Waals surface area contributed by atoms with Gasteiger partial charge in [0.15, 0.2) is 0 Å². The summed E-state index contributed by atoms with van der Waals surface area (Å²) in [5.74, 6) is 0. The second kappa shape index (κ2) is 3.74. The summed E-state index contributed by atoms with van der Waals surface area (Å²) < 4.78 is 1.05. The Kier molecular flexibility index (Phi) is 3.22. The first-order valence-electron chi connectivity index (χ1n) is 3.05. The van der Waals surface area contributed by atoms with Crippen LogP contribution in [0.4, 0.5) is 0 Å². The first-order chi connectivity index (χ1) is 4.29. The quantitative estimate of drug-likeness (QED) is 0.758. The van der Waals surface area contributed by atoms with E-state index in [9.17, 15) is 0 Å². The fraction of sp³-hybridized carbons (Fsp3) is 0.667. The van der Waals surface area contributed by atoms with Crippen molar-refractivity contribution in [2.45, 2.75) is 18.9 Å². The van der Waals surface area contributed by atoms with Crippen LogP contribution in [0.5, 0.6) is 0 Å². The summed E-state index contributed by atoms with van der Waals surface area (Å²) in [6, 6.07) is 0.582. The molecule has 1 nitrogen and oxygen atoms in total. The van der Waals surface area contributed by atoms with Gasteiger partial charge in [-0.25, -0.2) is 0 Å². The third kappa shape index (κ3) is 2.83. The van der Waals surface area contributed by atoms with Crippen LogP contribution in [0.1, 0.15) is 12.8 Å². The third-order valence-electron chi connectivity index (χ3n) is 1.43. The smallest absolute Gasteiger partial charge is 0.0579 e. The largest absolute Gasteiger partial charge is 0.310 e. The summed E-state index contributed by atoms with van der Waals surface area (Å²) in [4.78, 5) is 0. The van der Waals surface area contributed by atoms with Gasteiger partial charge in [0.2, 0.25) is 0 Å². The van der Waals surface area contributed by atoms with E-state index in [-0.39, 0.29) is 0 Å². The Morgan fingerprint density at radius 1 is 1.56 bits per heavy atom. The Hall–Kier alpha value is 0.660. The second-order valence-electron chi connectivity index (χ2n) is 2.16. The molecule has 0 aliphatic carbocycles. The lowest BCUT2D eigenvalue weighted by molar-refractivity contribution is 0.728. The summed E-state index contributed by atoms with van der Waals surface area (Å²) in [6.45, 7) is 1.16. The molecule has 0 aromatic heterocycles. The molecule has 1 aliphatic heterocycles. The molecule has 52 valence electrons. The van der Waals surface area contributed by atoms with Crippen molar-refractivity contribution < 1.29 is 0 Å². The van der Waals surface area contributed by atoms with E-state index in [4.69, 9.17) is 0 Å². The maximum atomic E-state index is 3.35. The lowest BCUT2D eigenvalue weighted by Crippen LogP contribution is -2.18. The molecule has 1 N–H and O–H groups in total. The normalized spacial score (nSPS) is 26.2. The molecule has 0 spiro atoms. The van der Waals surface area contributed by atoms with Crippen molar-refractivity contribution in [3.05, 3.63) is 9.47 Å². The van der Waals surface area contributed by atoms with E-state index in [1.54, 1.807) is 0 Å². The fourth-order valence-electron chi connectivity index (χ4n) is 1.01. The van der Waals surface area contributed by atoms with Gasteiger partial charge in [0.25, 0.3) is 0 Å². The summed E-state index contributed by atoms with van der Waals surface area (Å²) in [7, 11) is 0. The average molecular weight is 255 g/mol. The van der Waals surface area contributed by atoms with Gasteiger partial charge in [0.1, 0.15) is 0 Å². The zero-order chi connectivity index (χ0) is 6.69. The Morgan fingerprint density at radius 2 is 2.33 bits per heavy atom. The van der Waals surface area contributed by atoms with Gasteiger partial charge in [-0.05, 0) is 57.3 Å². The van der Waals surface area contributed by atoms with Crippen LogP contribution in [0.15, 0.2) is 9.47 Å². The van der Waals surface area contributed by atoms with Crippen LogP contribution in [-0.4, -0.2) is 12.6 Å². The van der Waals surface area contributed by atoms with Crippen molar-refractivity contribution >= 4 is 31.9 Å². The summed E-state index contributed by atoms with van der Waals surface area (Å²) in [5, 5.41) is 3.35. The van der Waals surface area contributed by atoms with Gasteiger partial charge in [-0.1, -0.05) is 0 Å². The molecular weight excluding hydrogens is 246 g/mol. The van der Waals surface area contributed by atoms with Crippen molar-refractivity contribution in [2.24, 2.45) is 0 Å². The van der Waals surface area contributed by atoms with Crippen molar-refractivity contribution in [2.75, 3.05) is 6.54 Å². The SMILES string of the molecule is BrC(Br)=CC1CCCN1. The predicted octanol–water partition coefficient (Wildman–Crippen LogP) is 2.37. The Balaban J connectivity index is 2.35. The van der Waals surface area contributed by atoms with E-state index in [0.29, 0.717) is 6.04 Å². The highest BCUT2D eigenvalue weighted by molar-refractivity contribution is 9.28. The molecule has 0 amide bonds. The topological polar surface area (TPSA) is 12.0 Å². The van der Waals surface area contributed by atoms with Gasteiger partial charge >= 0.3 is 0 Å². The van der Waals surface area contributed by atoms with Crippen LogP contribution in [0.2, 0.25) is 0 Å². The maximum Gasteiger partial charge on any atom is 0.0579 e. The minimum Gasteiger partial charge on any atom is -0.310 e. The minimum absolute atomic E-state index is 0.582. The van der Waals surface area contributed by atoms with Gasteiger partial charge in [-0.3, -0.25) is 0 Å². The van der Waals surface area contributed by atoms with E-state index >= 15 is 0 Å². The van der Waals surface area contributed by atoms with Crippen molar-refractivity contribution in [1.29, 1.82) is 0 Å². The monoisotopic (exact) mass is 253 g/mol.